The zero-order valence-electron chi connectivity index (χ0n) is 10.2. The van der Waals surface area contributed by atoms with Gasteiger partial charge >= 0.3 is 0 Å². The quantitative estimate of drug-likeness (QED) is 0.613. The summed E-state index contributed by atoms with van der Waals surface area (Å²) >= 11 is 0. The molecule has 0 atom stereocenters. The van der Waals surface area contributed by atoms with Gasteiger partial charge in [-0.2, -0.15) is 0 Å². The van der Waals surface area contributed by atoms with E-state index in [9.17, 15) is 0 Å². The lowest BCUT2D eigenvalue weighted by Crippen LogP contribution is -1.98. The Kier molecular flexibility index (Phi) is 2.07. The SMILES string of the molecule is c1ccc(-n2c(C3CC3)cc3ccccc32)cc1. The van der Waals surface area contributed by atoms with Gasteiger partial charge in [0, 0.05) is 16.8 Å². The zero-order chi connectivity index (χ0) is 11.9. The van der Waals surface area contributed by atoms with E-state index in [0.29, 0.717) is 0 Å². The van der Waals surface area contributed by atoms with Crippen molar-refractivity contribution in [3.05, 3.63) is 66.4 Å². The fraction of sp³-hybridized carbons (Fsp3) is 0.176. The van der Waals surface area contributed by atoms with Crippen LogP contribution in [0.3, 0.4) is 0 Å². The molecule has 1 saturated carbocycles. The Balaban J connectivity index is 2.04. The molecule has 1 nitrogen and oxygen atoms in total. The van der Waals surface area contributed by atoms with Crippen LogP contribution in [0.15, 0.2) is 60.7 Å². The number of fused-ring (bicyclic) bond motifs is 1. The van der Waals surface area contributed by atoms with E-state index in [1.165, 1.54) is 35.1 Å². The third-order valence-corrected chi connectivity index (χ3v) is 3.75. The largest absolute Gasteiger partial charge is 0.313 e. The van der Waals surface area contributed by atoms with Gasteiger partial charge in [-0.05, 0) is 43.0 Å². The Morgan fingerprint density at radius 3 is 2.33 bits per heavy atom. The number of nitrogens with zero attached hydrogens (tertiary/aromatic N) is 1. The first-order chi connectivity index (χ1) is 8.93. The molecule has 1 aliphatic rings. The lowest BCUT2D eigenvalue weighted by Gasteiger charge is -2.10. The molecule has 0 unspecified atom stereocenters. The van der Waals surface area contributed by atoms with Gasteiger partial charge in [0.05, 0.1) is 5.52 Å². The monoisotopic (exact) mass is 233 g/mol. The minimum Gasteiger partial charge on any atom is -0.313 e. The molecule has 1 fully saturated rings. The molecule has 0 saturated heterocycles. The van der Waals surface area contributed by atoms with Crippen LogP contribution in [0, 0.1) is 0 Å². The van der Waals surface area contributed by atoms with Gasteiger partial charge in [-0.1, -0.05) is 36.4 Å². The molecule has 2 aromatic carbocycles. The van der Waals surface area contributed by atoms with Crippen molar-refractivity contribution in [2.45, 2.75) is 18.8 Å². The highest BCUT2D eigenvalue weighted by molar-refractivity contribution is 5.83. The first-order valence-electron chi connectivity index (χ1n) is 6.59. The highest BCUT2D eigenvalue weighted by Crippen LogP contribution is 2.43. The maximum Gasteiger partial charge on any atom is 0.0531 e. The van der Waals surface area contributed by atoms with Crippen LogP contribution in [0.4, 0.5) is 0 Å². The van der Waals surface area contributed by atoms with Crippen molar-refractivity contribution < 1.29 is 0 Å². The van der Waals surface area contributed by atoms with Crippen LogP contribution >= 0.6 is 0 Å². The van der Waals surface area contributed by atoms with Gasteiger partial charge in [0.15, 0.2) is 0 Å². The molecular weight excluding hydrogens is 218 g/mol. The van der Waals surface area contributed by atoms with Crippen LogP contribution in [0.2, 0.25) is 0 Å². The molecule has 0 amide bonds. The van der Waals surface area contributed by atoms with E-state index in [2.05, 4.69) is 65.2 Å². The number of rotatable bonds is 2. The predicted octanol–water partition coefficient (Wildman–Crippen LogP) is 4.51. The third-order valence-electron chi connectivity index (χ3n) is 3.75. The number of benzene rings is 2. The molecule has 0 aliphatic heterocycles. The maximum absolute atomic E-state index is 2.42. The van der Waals surface area contributed by atoms with Gasteiger partial charge in [-0.3, -0.25) is 0 Å². The second-order valence-corrected chi connectivity index (χ2v) is 5.07. The van der Waals surface area contributed by atoms with Crippen molar-refractivity contribution in [3.63, 3.8) is 0 Å². The van der Waals surface area contributed by atoms with Crippen LogP contribution in [-0.2, 0) is 0 Å². The summed E-state index contributed by atoms with van der Waals surface area (Å²) in [5.41, 5.74) is 4.08. The summed E-state index contributed by atoms with van der Waals surface area (Å²) in [5, 5.41) is 1.35. The Labute approximate surface area is 107 Å². The molecule has 4 rings (SSSR count). The average molecular weight is 233 g/mol. The van der Waals surface area contributed by atoms with Crippen molar-refractivity contribution in [2.24, 2.45) is 0 Å². The lowest BCUT2D eigenvalue weighted by atomic mass is 10.2. The van der Waals surface area contributed by atoms with Gasteiger partial charge < -0.3 is 4.57 Å². The highest BCUT2D eigenvalue weighted by Gasteiger charge is 2.28. The number of para-hydroxylation sites is 2. The summed E-state index contributed by atoms with van der Waals surface area (Å²) < 4.78 is 2.42. The van der Waals surface area contributed by atoms with Gasteiger partial charge in [-0.25, -0.2) is 0 Å². The third kappa shape index (κ3) is 1.47. The summed E-state index contributed by atoms with van der Waals surface area (Å²) in [5.74, 6) is 0.762. The zero-order valence-corrected chi connectivity index (χ0v) is 10.2. The molecule has 1 aromatic heterocycles. The fourth-order valence-electron chi connectivity index (χ4n) is 2.72. The molecule has 1 aliphatic carbocycles. The molecule has 18 heavy (non-hydrogen) atoms. The molecule has 0 spiro atoms. The molecule has 0 N–H and O–H groups in total. The van der Waals surface area contributed by atoms with Crippen LogP contribution in [0.5, 0.6) is 0 Å². The topological polar surface area (TPSA) is 4.93 Å². The summed E-state index contributed by atoms with van der Waals surface area (Å²) in [4.78, 5) is 0. The van der Waals surface area contributed by atoms with Crippen molar-refractivity contribution in [3.8, 4) is 5.69 Å². The second-order valence-electron chi connectivity index (χ2n) is 5.07. The van der Waals surface area contributed by atoms with Gasteiger partial charge in [-0.15, -0.1) is 0 Å². The van der Waals surface area contributed by atoms with Gasteiger partial charge in [0.25, 0.3) is 0 Å². The minimum atomic E-state index is 0.762. The van der Waals surface area contributed by atoms with Crippen LogP contribution in [0.1, 0.15) is 24.5 Å². The molecule has 88 valence electrons. The Morgan fingerprint density at radius 2 is 1.56 bits per heavy atom. The second kappa shape index (κ2) is 3.74. The Hall–Kier alpha value is -2.02. The van der Waals surface area contributed by atoms with Gasteiger partial charge in [0.2, 0.25) is 0 Å². The van der Waals surface area contributed by atoms with E-state index in [1.807, 2.05) is 0 Å². The number of hydrogen-bond donors (Lipinski definition) is 0. The Morgan fingerprint density at radius 1 is 0.833 bits per heavy atom. The predicted molar refractivity (Wildman–Crippen MR) is 75.3 cm³/mol. The van der Waals surface area contributed by atoms with Crippen molar-refractivity contribution >= 4 is 10.9 Å². The summed E-state index contributed by atoms with van der Waals surface area (Å²) in [6.07, 6.45) is 2.67. The highest BCUT2D eigenvalue weighted by atomic mass is 15.0. The lowest BCUT2D eigenvalue weighted by molar-refractivity contribution is 0.950. The van der Waals surface area contributed by atoms with Crippen molar-refractivity contribution in [1.82, 2.24) is 4.57 Å². The van der Waals surface area contributed by atoms with E-state index in [1.54, 1.807) is 0 Å². The van der Waals surface area contributed by atoms with Crippen molar-refractivity contribution in [1.29, 1.82) is 0 Å². The number of aromatic nitrogens is 1. The van der Waals surface area contributed by atoms with Crippen LogP contribution in [-0.4, -0.2) is 4.57 Å². The van der Waals surface area contributed by atoms with E-state index in [-0.39, 0.29) is 0 Å². The van der Waals surface area contributed by atoms with E-state index < -0.39 is 0 Å². The minimum absolute atomic E-state index is 0.762. The maximum atomic E-state index is 2.42. The van der Waals surface area contributed by atoms with Gasteiger partial charge in [0.1, 0.15) is 0 Å². The summed E-state index contributed by atoms with van der Waals surface area (Å²) in [6, 6.07) is 21.7. The summed E-state index contributed by atoms with van der Waals surface area (Å²) in [7, 11) is 0. The standard InChI is InChI=1S/C17H15N/c1-2-7-15(8-3-1)18-16-9-5-4-6-14(16)12-17(18)13-10-11-13/h1-9,12-13H,10-11H2. The summed E-state index contributed by atoms with van der Waals surface area (Å²) in [6.45, 7) is 0. The van der Waals surface area contributed by atoms with Crippen LogP contribution in [0.25, 0.3) is 16.6 Å². The molecule has 3 aromatic rings. The first-order valence-corrected chi connectivity index (χ1v) is 6.59. The van der Waals surface area contributed by atoms with E-state index in [0.717, 1.165) is 5.92 Å². The number of hydrogen-bond acceptors (Lipinski definition) is 0. The average Bonchev–Trinajstić information content (AvgIpc) is 3.20. The molecule has 1 heteroatoms. The smallest absolute Gasteiger partial charge is 0.0531 e. The first kappa shape index (κ1) is 9.95. The molecule has 0 bridgehead atoms. The Bertz CT molecular complexity index is 690. The van der Waals surface area contributed by atoms with E-state index in [4.69, 9.17) is 0 Å². The van der Waals surface area contributed by atoms with Crippen molar-refractivity contribution in [2.75, 3.05) is 0 Å². The molecule has 0 radical (unpaired) electrons. The van der Waals surface area contributed by atoms with Crippen LogP contribution < -0.4 is 0 Å². The molecule has 1 heterocycles. The van der Waals surface area contributed by atoms with E-state index >= 15 is 0 Å². The molecular formula is C17H15N. The fourth-order valence-corrected chi connectivity index (χ4v) is 2.72. The normalized spacial score (nSPS) is 15.1.